The van der Waals surface area contributed by atoms with Crippen LogP contribution in [0.15, 0.2) is 42.5 Å². The monoisotopic (exact) mass is 427 g/mol. The Labute approximate surface area is 181 Å². The fraction of sp³-hybridized carbons (Fsp3) is 0.391. The first-order valence-corrected chi connectivity index (χ1v) is 10.7. The van der Waals surface area contributed by atoms with Gasteiger partial charge in [0, 0.05) is 41.0 Å². The zero-order valence-corrected chi connectivity index (χ0v) is 18.0. The smallest absolute Gasteiger partial charge is 0.409 e. The Morgan fingerprint density at radius 3 is 2.63 bits per heavy atom. The van der Waals surface area contributed by atoms with E-state index in [2.05, 4.69) is 5.32 Å². The second kappa shape index (κ2) is 8.56. The summed E-state index contributed by atoms with van der Waals surface area (Å²) in [4.78, 5) is 29.0. The number of amides is 2. The van der Waals surface area contributed by atoms with Crippen molar-refractivity contribution in [1.29, 1.82) is 0 Å². The van der Waals surface area contributed by atoms with Gasteiger partial charge >= 0.3 is 6.09 Å². The molecule has 30 heavy (non-hydrogen) atoms. The van der Waals surface area contributed by atoms with Crippen LogP contribution in [-0.2, 0) is 4.74 Å². The number of carbonyl (C=O) groups excluding carboxylic acids is 2. The van der Waals surface area contributed by atoms with E-state index < -0.39 is 0 Å². The van der Waals surface area contributed by atoms with E-state index in [1.807, 2.05) is 54.3 Å². The van der Waals surface area contributed by atoms with E-state index >= 15 is 0 Å². The van der Waals surface area contributed by atoms with Crippen LogP contribution in [-0.4, -0.2) is 47.5 Å². The number of rotatable bonds is 4. The van der Waals surface area contributed by atoms with Crippen molar-refractivity contribution in [3.05, 3.63) is 64.2 Å². The van der Waals surface area contributed by atoms with Crippen molar-refractivity contribution in [3.8, 4) is 0 Å². The molecular formula is C23H26ClN3O3. The molecule has 0 spiro atoms. The van der Waals surface area contributed by atoms with Gasteiger partial charge in [0.25, 0.3) is 5.91 Å². The third-order valence-corrected chi connectivity index (χ3v) is 6.35. The third-order valence-electron chi connectivity index (χ3n) is 5.94. The highest BCUT2D eigenvalue weighted by atomic mass is 35.5. The number of benzene rings is 2. The standard InChI is InChI=1S/C23H26ClN3O3/c1-3-30-23(29)26-13-11-16(12-14-26)27-21(17-7-4-5-8-18(17)22(27)28)25-20-10-6-9-19(24)15(20)2/h4-10,16,21,25H,3,11-14H2,1-2H3/t21-/m0/s1. The van der Waals surface area contributed by atoms with Gasteiger partial charge in [0.05, 0.1) is 6.61 Å². The molecule has 2 aromatic carbocycles. The minimum Gasteiger partial charge on any atom is -0.450 e. The molecule has 2 amide bonds. The number of nitrogens with one attached hydrogen (secondary N) is 1. The molecule has 0 aromatic heterocycles. The maximum atomic E-state index is 13.3. The number of anilines is 1. The molecule has 2 heterocycles. The first-order valence-electron chi connectivity index (χ1n) is 10.4. The van der Waals surface area contributed by atoms with Crippen LogP contribution in [0.4, 0.5) is 10.5 Å². The second-order valence-corrected chi connectivity index (χ2v) is 8.08. The number of halogens is 1. The molecule has 0 aliphatic carbocycles. The Morgan fingerprint density at radius 1 is 1.17 bits per heavy atom. The molecule has 0 bridgehead atoms. The third kappa shape index (κ3) is 3.72. The predicted molar refractivity (Wildman–Crippen MR) is 117 cm³/mol. The molecule has 7 heteroatoms. The summed E-state index contributed by atoms with van der Waals surface area (Å²) in [5, 5.41) is 4.24. The average molecular weight is 428 g/mol. The minimum absolute atomic E-state index is 0.0253. The number of ether oxygens (including phenoxy) is 1. The van der Waals surface area contributed by atoms with Crippen LogP contribution in [0, 0.1) is 6.92 Å². The maximum absolute atomic E-state index is 13.3. The van der Waals surface area contributed by atoms with Crippen molar-refractivity contribution >= 4 is 29.3 Å². The summed E-state index contributed by atoms with van der Waals surface area (Å²) in [5.74, 6) is 0.0253. The van der Waals surface area contributed by atoms with E-state index in [0.717, 1.165) is 22.4 Å². The van der Waals surface area contributed by atoms with Crippen molar-refractivity contribution in [2.75, 3.05) is 25.0 Å². The summed E-state index contributed by atoms with van der Waals surface area (Å²) < 4.78 is 5.12. The lowest BCUT2D eigenvalue weighted by molar-refractivity contribution is 0.0496. The molecule has 0 radical (unpaired) electrons. The molecule has 1 N–H and O–H groups in total. The zero-order valence-electron chi connectivity index (χ0n) is 17.2. The normalized spacial score (nSPS) is 19.0. The van der Waals surface area contributed by atoms with Gasteiger partial charge in [-0.05, 0) is 50.5 Å². The number of fused-ring (bicyclic) bond motifs is 1. The molecule has 2 aliphatic heterocycles. The zero-order chi connectivity index (χ0) is 21.3. The van der Waals surface area contributed by atoms with Crippen LogP contribution in [0.5, 0.6) is 0 Å². The number of piperidine rings is 1. The molecule has 2 aliphatic rings. The lowest BCUT2D eigenvalue weighted by atomic mass is 10.0. The summed E-state index contributed by atoms with van der Waals surface area (Å²) in [6.45, 7) is 5.29. The van der Waals surface area contributed by atoms with Gasteiger partial charge in [0.15, 0.2) is 0 Å². The lowest BCUT2D eigenvalue weighted by Gasteiger charge is -2.39. The van der Waals surface area contributed by atoms with Gasteiger partial charge in [0.1, 0.15) is 6.17 Å². The van der Waals surface area contributed by atoms with E-state index in [1.165, 1.54) is 0 Å². The van der Waals surface area contributed by atoms with E-state index in [-0.39, 0.29) is 24.2 Å². The Morgan fingerprint density at radius 2 is 1.90 bits per heavy atom. The second-order valence-electron chi connectivity index (χ2n) is 7.68. The van der Waals surface area contributed by atoms with E-state index in [9.17, 15) is 9.59 Å². The number of hydrogen-bond acceptors (Lipinski definition) is 4. The number of carbonyl (C=O) groups is 2. The average Bonchev–Trinajstić information content (AvgIpc) is 3.03. The largest absolute Gasteiger partial charge is 0.450 e. The van der Waals surface area contributed by atoms with Crippen molar-refractivity contribution in [2.24, 2.45) is 0 Å². The Kier molecular flexibility index (Phi) is 5.86. The van der Waals surface area contributed by atoms with Gasteiger partial charge in [0.2, 0.25) is 0 Å². The van der Waals surface area contributed by atoms with Gasteiger partial charge in [-0.2, -0.15) is 0 Å². The number of likely N-dealkylation sites (tertiary alicyclic amines) is 1. The highest BCUT2D eigenvalue weighted by molar-refractivity contribution is 6.31. The van der Waals surface area contributed by atoms with Crippen LogP contribution in [0.1, 0.15) is 47.4 Å². The quantitative estimate of drug-likeness (QED) is 0.758. The molecule has 1 saturated heterocycles. The Bertz CT molecular complexity index is 956. The summed E-state index contributed by atoms with van der Waals surface area (Å²) in [6, 6.07) is 13.5. The molecule has 6 nitrogen and oxygen atoms in total. The van der Waals surface area contributed by atoms with Gasteiger partial charge in [-0.15, -0.1) is 0 Å². The first-order chi connectivity index (χ1) is 14.5. The molecular weight excluding hydrogens is 402 g/mol. The fourth-order valence-electron chi connectivity index (χ4n) is 4.31. The summed E-state index contributed by atoms with van der Waals surface area (Å²) in [5.41, 5.74) is 3.55. The summed E-state index contributed by atoms with van der Waals surface area (Å²) in [6.07, 6.45) is 0.873. The molecule has 1 atom stereocenters. The van der Waals surface area contributed by atoms with Crippen molar-refractivity contribution in [3.63, 3.8) is 0 Å². The Hall–Kier alpha value is -2.73. The highest BCUT2D eigenvalue weighted by Crippen LogP contribution is 2.39. The SMILES string of the molecule is CCOC(=O)N1CCC(N2C(=O)c3ccccc3[C@H]2Nc2cccc(Cl)c2C)CC1. The van der Waals surface area contributed by atoms with Gasteiger partial charge in [-0.25, -0.2) is 4.79 Å². The molecule has 4 rings (SSSR count). The number of hydrogen-bond donors (Lipinski definition) is 1. The van der Waals surface area contributed by atoms with E-state index in [4.69, 9.17) is 16.3 Å². The summed E-state index contributed by atoms with van der Waals surface area (Å²) in [7, 11) is 0. The van der Waals surface area contributed by atoms with Crippen LogP contribution in [0.2, 0.25) is 5.02 Å². The molecule has 0 saturated carbocycles. The highest BCUT2D eigenvalue weighted by Gasteiger charge is 2.42. The molecule has 2 aromatic rings. The van der Waals surface area contributed by atoms with Gasteiger partial charge in [-0.1, -0.05) is 35.9 Å². The fourth-order valence-corrected chi connectivity index (χ4v) is 4.49. The lowest BCUT2D eigenvalue weighted by Crippen LogP contribution is -2.49. The van der Waals surface area contributed by atoms with E-state index in [0.29, 0.717) is 37.6 Å². The maximum Gasteiger partial charge on any atom is 0.409 e. The van der Waals surface area contributed by atoms with E-state index in [1.54, 1.807) is 11.8 Å². The van der Waals surface area contributed by atoms with Crippen LogP contribution in [0.3, 0.4) is 0 Å². The van der Waals surface area contributed by atoms with Gasteiger partial charge in [-0.3, -0.25) is 4.79 Å². The molecule has 1 fully saturated rings. The number of nitrogens with zero attached hydrogens (tertiary/aromatic N) is 2. The summed E-state index contributed by atoms with van der Waals surface area (Å²) >= 11 is 6.31. The minimum atomic E-state index is -0.281. The first kappa shape index (κ1) is 20.5. The van der Waals surface area contributed by atoms with Crippen molar-refractivity contribution in [2.45, 2.75) is 38.9 Å². The molecule has 0 unspecified atom stereocenters. The van der Waals surface area contributed by atoms with Gasteiger partial charge < -0.3 is 19.9 Å². The van der Waals surface area contributed by atoms with Crippen molar-refractivity contribution in [1.82, 2.24) is 9.80 Å². The van der Waals surface area contributed by atoms with Crippen molar-refractivity contribution < 1.29 is 14.3 Å². The van der Waals surface area contributed by atoms with Crippen LogP contribution >= 0.6 is 11.6 Å². The Balaban J connectivity index is 1.59. The van der Waals surface area contributed by atoms with Crippen LogP contribution in [0.25, 0.3) is 0 Å². The molecule has 158 valence electrons. The predicted octanol–water partition coefficient (Wildman–Crippen LogP) is 4.84. The van der Waals surface area contributed by atoms with Crippen LogP contribution < -0.4 is 5.32 Å². The topological polar surface area (TPSA) is 61.9 Å².